The number of hydrogen-bond donors (Lipinski definition) is 1. The van der Waals surface area contributed by atoms with Crippen molar-refractivity contribution in [3.63, 3.8) is 0 Å². The Morgan fingerprint density at radius 3 is 2.52 bits per heavy atom. The molecule has 0 aromatic heterocycles. The number of ether oxygens (including phenoxy) is 4. The van der Waals surface area contributed by atoms with Crippen LogP contribution in [-0.4, -0.2) is 130 Å². The molecule has 3 aliphatic heterocycles. The number of aryl methyl sites for hydroxylation is 1. The molecule has 1 amide bonds. The van der Waals surface area contributed by atoms with E-state index in [0.29, 0.717) is 37.7 Å². The predicted molar refractivity (Wildman–Crippen MR) is 227 cm³/mol. The van der Waals surface area contributed by atoms with Gasteiger partial charge in [0, 0.05) is 88.4 Å². The zero-order valence-electron chi connectivity index (χ0n) is 34.1. The molecule has 1 spiro atoms. The van der Waals surface area contributed by atoms with Crippen molar-refractivity contribution >= 4 is 38.8 Å². The molecule has 2 aliphatic carbocycles. The summed E-state index contributed by atoms with van der Waals surface area (Å²) in [7, 11) is 2.42. The zero-order valence-corrected chi connectivity index (χ0v) is 35.7. The molecule has 308 valence electrons. The molecule has 1 saturated carbocycles. The maximum atomic E-state index is 14.1. The van der Waals surface area contributed by atoms with Gasteiger partial charge in [-0.25, -0.2) is 4.21 Å². The molecule has 2 aromatic carbocycles. The zero-order chi connectivity index (χ0) is 39.7. The van der Waals surface area contributed by atoms with Crippen LogP contribution < -0.4 is 14.4 Å². The average molecular weight is 812 g/mol. The van der Waals surface area contributed by atoms with E-state index in [9.17, 15) is 9.00 Å². The van der Waals surface area contributed by atoms with Gasteiger partial charge in [0.05, 0.1) is 41.3 Å². The number of fused-ring (bicyclic) bond motifs is 4. The molecule has 12 heteroatoms. The number of allylic oxidation sites excluding steroid dienone is 1. The molecule has 2 fully saturated rings. The first-order chi connectivity index (χ1) is 26.9. The second-order valence-corrected chi connectivity index (χ2v) is 20.1. The number of rotatable bonds is 8. The molecular weight excluding hydrogens is 748 g/mol. The lowest BCUT2D eigenvalue weighted by atomic mass is 9.63. The molecule has 1 saturated heterocycles. The maximum Gasteiger partial charge on any atom is 0.262 e. The van der Waals surface area contributed by atoms with Crippen molar-refractivity contribution in [1.82, 2.24) is 14.5 Å². The number of anilines is 1. The Labute approximate surface area is 340 Å². The predicted octanol–water partition coefficient (Wildman–Crippen LogP) is 5.85. The Kier molecular flexibility index (Phi) is 12.8. The van der Waals surface area contributed by atoms with Crippen LogP contribution in [0, 0.1) is 17.8 Å². The molecule has 1 N–H and O–H groups in total. The average Bonchev–Trinajstić information content (AvgIpc) is 3.32. The molecule has 0 radical (unpaired) electrons. The maximum absolute atomic E-state index is 14.1. The highest BCUT2D eigenvalue weighted by atomic mass is 35.5. The second-order valence-electron chi connectivity index (χ2n) is 17.2. The van der Waals surface area contributed by atoms with Crippen LogP contribution in [0.1, 0.15) is 67.4 Å². The van der Waals surface area contributed by atoms with E-state index in [-0.39, 0.29) is 34.4 Å². The number of nitrogens with one attached hydrogen (secondary N) is 1. The quantitative estimate of drug-likeness (QED) is 0.261. The minimum atomic E-state index is -2.97. The number of methoxy groups -OCH3 is 3. The van der Waals surface area contributed by atoms with Gasteiger partial charge in [-0.05, 0) is 111 Å². The number of amides is 1. The van der Waals surface area contributed by atoms with E-state index in [0.717, 1.165) is 94.4 Å². The number of benzene rings is 2. The number of nitrogens with zero attached hydrogens (tertiary/aromatic N) is 3. The summed E-state index contributed by atoms with van der Waals surface area (Å²) < 4.78 is 41.6. The van der Waals surface area contributed by atoms with Gasteiger partial charge in [0.1, 0.15) is 11.4 Å². The van der Waals surface area contributed by atoms with Crippen molar-refractivity contribution in [1.29, 1.82) is 0 Å². The summed E-state index contributed by atoms with van der Waals surface area (Å²) in [6, 6.07) is 12.2. The molecule has 10 nitrogen and oxygen atoms in total. The summed E-state index contributed by atoms with van der Waals surface area (Å²) >= 11 is 6.53. The van der Waals surface area contributed by atoms with Crippen LogP contribution in [0.5, 0.6) is 5.75 Å². The molecule has 3 heterocycles. The summed E-state index contributed by atoms with van der Waals surface area (Å²) in [4.78, 5) is 21.4. The Hall–Kier alpha value is -2.64. The summed E-state index contributed by atoms with van der Waals surface area (Å²) in [5, 5.41) is 0.412. The summed E-state index contributed by atoms with van der Waals surface area (Å²) in [6.45, 7) is 12.0. The Balaban J connectivity index is 1.25. The Bertz CT molecular complexity index is 1850. The van der Waals surface area contributed by atoms with Gasteiger partial charge in [-0.3, -0.25) is 19.3 Å². The SMILES string of the molecule is C=S1(=O)NC(=O)c2ccc3c(c2)N(C[C@@H]2CC[C@H]2[C@@](CN2CCN(C(COC)COC)CC2)(OC)/C=C/C[C@H](C)[C@H]1C)C[C@@]1(CCCc2cc(Cl)ccc21)CO3. The number of carbonyl (C=O) groups is 1. The van der Waals surface area contributed by atoms with Crippen LogP contribution >= 0.6 is 11.6 Å². The Morgan fingerprint density at radius 2 is 1.82 bits per heavy atom. The molecule has 2 bridgehead atoms. The standard InChI is InChI=1S/C44H63ClN4O6S/c1-31-9-7-18-44(54-5,29-47-19-21-48(22-20-47)37(26-52-3)27-53-4)39-14-11-35(39)25-49-28-43(17-8-10-33-23-36(45)13-15-38(33)43)30-55-41-16-12-34(24-40(41)49)42(50)46-56(6,51)32(31)2/h7,12-13,15-16,18,23-24,31-32,35,37,39H,6,8-11,14,17,19-22,25-30H2,1-5H3,(H,46,50,51)/b18-7+/t31-,32+,35-,39+,43-,44+,56?/m0/s1. The normalized spacial score (nSPS) is 33.5. The molecule has 7 atom stereocenters. The highest BCUT2D eigenvalue weighted by Crippen LogP contribution is 2.49. The fourth-order valence-corrected chi connectivity index (χ4v) is 11.9. The fourth-order valence-electron chi connectivity index (χ4n) is 10.2. The number of halogens is 1. The van der Waals surface area contributed by atoms with Crippen LogP contribution in [0.2, 0.25) is 5.02 Å². The van der Waals surface area contributed by atoms with Crippen LogP contribution in [0.15, 0.2) is 48.6 Å². The van der Waals surface area contributed by atoms with Crippen molar-refractivity contribution in [3.8, 4) is 5.75 Å². The number of hydrogen-bond acceptors (Lipinski definition) is 9. The van der Waals surface area contributed by atoms with Crippen LogP contribution in [0.3, 0.4) is 0 Å². The van der Waals surface area contributed by atoms with Gasteiger partial charge < -0.3 is 23.8 Å². The molecule has 1 unspecified atom stereocenters. The van der Waals surface area contributed by atoms with Gasteiger partial charge in [0.2, 0.25) is 0 Å². The van der Waals surface area contributed by atoms with Gasteiger partial charge in [0.25, 0.3) is 5.91 Å². The Morgan fingerprint density at radius 1 is 1.05 bits per heavy atom. The highest BCUT2D eigenvalue weighted by Gasteiger charge is 2.50. The number of carbonyl (C=O) groups excluding carboxylic acids is 1. The van der Waals surface area contributed by atoms with Gasteiger partial charge in [-0.1, -0.05) is 36.7 Å². The third kappa shape index (κ3) is 8.42. The highest BCUT2D eigenvalue weighted by molar-refractivity contribution is 7.99. The second kappa shape index (κ2) is 17.3. The van der Waals surface area contributed by atoms with Crippen LogP contribution in [0.4, 0.5) is 5.69 Å². The molecule has 56 heavy (non-hydrogen) atoms. The molecule has 2 aromatic rings. The van der Waals surface area contributed by atoms with Gasteiger partial charge in [0.15, 0.2) is 0 Å². The number of piperazine rings is 1. The van der Waals surface area contributed by atoms with Crippen molar-refractivity contribution in [2.24, 2.45) is 17.8 Å². The minimum Gasteiger partial charge on any atom is -0.490 e. The smallest absolute Gasteiger partial charge is 0.262 e. The van der Waals surface area contributed by atoms with E-state index < -0.39 is 15.3 Å². The first-order valence-corrected chi connectivity index (χ1v) is 22.7. The van der Waals surface area contributed by atoms with Gasteiger partial charge in [-0.2, -0.15) is 0 Å². The largest absolute Gasteiger partial charge is 0.490 e. The lowest BCUT2D eigenvalue weighted by Gasteiger charge is -2.52. The van der Waals surface area contributed by atoms with Crippen molar-refractivity contribution in [2.45, 2.75) is 74.7 Å². The van der Waals surface area contributed by atoms with Crippen LogP contribution in [-0.2, 0) is 35.8 Å². The van der Waals surface area contributed by atoms with Crippen molar-refractivity contribution in [3.05, 3.63) is 70.3 Å². The molecular formula is C44H63ClN4O6S. The van der Waals surface area contributed by atoms with E-state index in [1.807, 2.05) is 32.2 Å². The third-order valence-corrected chi connectivity index (χ3v) is 16.3. The van der Waals surface area contributed by atoms with Gasteiger partial charge in [-0.15, -0.1) is 0 Å². The monoisotopic (exact) mass is 810 g/mol. The molecule has 5 aliphatic rings. The van der Waals surface area contributed by atoms with Crippen LogP contribution in [0.25, 0.3) is 0 Å². The first-order valence-electron chi connectivity index (χ1n) is 20.6. The third-order valence-electron chi connectivity index (χ3n) is 13.9. The van der Waals surface area contributed by atoms with Crippen molar-refractivity contribution < 1.29 is 28.0 Å². The van der Waals surface area contributed by atoms with Crippen molar-refractivity contribution in [2.75, 3.05) is 91.9 Å². The molecule has 7 rings (SSSR count). The summed E-state index contributed by atoms with van der Waals surface area (Å²) in [6.07, 6.45) is 10.5. The van der Waals surface area contributed by atoms with E-state index in [4.69, 9.17) is 30.5 Å². The lowest BCUT2D eigenvalue weighted by Crippen LogP contribution is -2.60. The topological polar surface area (TPSA) is 92.8 Å². The van der Waals surface area contributed by atoms with E-state index in [1.165, 1.54) is 11.1 Å². The fraction of sp³-hybridized carbons (Fsp3) is 0.636. The van der Waals surface area contributed by atoms with E-state index >= 15 is 0 Å². The van der Waals surface area contributed by atoms with E-state index in [1.54, 1.807) is 20.3 Å². The minimum absolute atomic E-state index is 0.0126. The van der Waals surface area contributed by atoms with Gasteiger partial charge >= 0.3 is 0 Å². The first kappa shape index (κ1) is 41.5. The lowest BCUT2D eigenvalue weighted by molar-refractivity contribution is -0.0979. The van der Waals surface area contributed by atoms with E-state index in [2.05, 4.69) is 56.5 Å². The summed E-state index contributed by atoms with van der Waals surface area (Å²) in [5.74, 6) is 5.12. The summed E-state index contributed by atoms with van der Waals surface area (Å²) in [5.41, 5.74) is 3.21.